The van der Waals surface area contributed by atoms with Gasteiger partial charge in [0.2, 0.25) is 0 Å². The van der Waals surface area contributed by atoms with Gasteiger partial charge in [0.1, 0.15) is 0 Å². The molecule has 0 bridgehead atoms. The van der Waals surface area contributed by atoms with E-state index in [1.807, 2.05) is 0 Å². The van der Waals surface area contributed by atoms with E-state index >= 15 is 0 Å². The molecule has 0 aliphatic rings. The summed E-state index contributed by atoms with van der Waals surface area (Å²) in [5.41, 5.74) is 0. The van der Waals surface area contributed by atoms with Crippen LogP contribution in [0.1, 0.15) is 213 Å². The van der Waals surface area contributed by atoms with Crippen molar-refractivity contribution in [2.45, 2.75) is 213 Å². The summed E-state index contributed by atoms with van der Waals surface area (Å²) >= 11 is 0. The molecular weight excluding hydrogens is 464 g/mol. The van der Waals surface area contributed by atoms with Gasteiger partial charge in [-0.25, -0.2) is 0 Å². The minimum Gasteiger partial charge on any atom is -0.481 e. The van der Waals surface area contributed by atoms with Crippen molar-refractivity contribution in [1.82, 2.24) is 0 Å². The van der Waals surface area contributed by atoms with Crippen LogP contribution < -0.4 is 0 Å². The molecule has 1 N–H and O–H groups in total. The molecule has 0 aromatic heterocycles. The van der Waals surface area contributed by atoms with E-state index in [9.17, 15) is 4.79 Å². The van der Waals surface area contributed by atoms with Crippen LogP contribution in [0, 0.1) is 0 Å². The Morgan fingerprint density at radius 3 is 0.895 bits per heavy atom. The molecule has 2 nitrogen and oxygen atoms in total. The molecule has 0 atom stereocenters. The molecule has 0 spiro atoms. The van der Waals surface area contributed by atoms with Crippen LogP contribution in [-0.2, 0) is 4.79 Å². The maximum absolute atomic E-state index is 10.3. The number of allylic oxidation sites excluding steroid dienone is 2. The highest BCUT2D eigenvalue weighted by molar-refractivity contribution is 5.66. The van der Waals surface area contributed by atoms with Gasteiger partial charge in [-0.2, -0.15) is 0 Å². The molecule has 0 aliphatic heterocycles. The van der Waals surface area contributed by atoms with E-state index in [0.717, 1.165) is 12.8 Å². The van der Waals surface area contributed by atoms with Crippen LogP contribution >= 0.6 is 0 Å². The number of carboxylic acid groups (broad SMARTS) is 1. The Hall–Kier alpha value is -0.790. The molecule has 0 unspecified atom stereocenters. The molecule has 0 aromatic rings. The average molecular weight is 537 g/mol. The lowest BCUT2D eigenvalue weighted by atomic mass is 10.0. The summed E-state index contributed by atoms with van der Waals surface area (Å²) in [6.45, 7) is 6.85. The van der Waals surface area contributed by atoms with Crippen LogP contribution in [0.5, 0.6) is 0 Å². The number of carbonyl (C=O) groups is 1. The van der Waals surface area contributed by atoms with Gasteiger partial charge in [-0.05, 0) is 32.1 Å². The summed E-state index contributed by atoms with van der Waals surface area (Å²) < 4.78 is 0. The molecule has 0 saturated carbocycles. The van der Waals surface area contributed by atoms with Gasteiger partial charge in [0, 0.05) is 6.42 Å². The van der Waals surface area contributed by atoms with Crippen molar-refractivity contribution in [2.75, 3.05) is 0 Å². The van der Waals surface area contributed by atoms with Gasteiger partial charge in [0.25, 0.3) is 0 Å². The average Bonchev–Trinajstić information content (AvgIpc) is 2.91. The lowest BCUT2D eigenvalue weighted by Gasteiger charge is -2.03. The van der Waals surface area contributed by atoms with Gasteiger partial charge in [0.15, 0.2) is 0 Å². The lowest BCUT2D eigenvalue weighted by Crippen LogP contribution is -1.93. The zero-order valence-electron chi connectivity index (χ0n) is 26.7. The first-order chi connectivity index (χ1) is 18.7. The molecule has 0 rings (SSSR count). The lowest BCUT2D eigenvalue weighted by molar-refractivity contribution is -0.137. The molecule has 0 aliphatic carbocycles. The van der Waals surface area contributed by atoms with E-state index in [1.165, 1.54) is 173 Å². The van der Waals surface area contributed by atoms with Crippen LogP contribution in [0.15, 0.2) is 12.2 Å². The number of hydrogen-bond acceptors (Lipinski definition) is 1. The van der Waals surface area contributed by atoms with Crippen LogP contribution in [-0.4, -0.2) is 11.1 Å². The molecule has 0 aromatic carbocycles. The first-order valence-corrected chi connectivity index (χ1v) is 17.6. The first-order valence-electron chi connectivity index (χ1n) is 17.6. The number of aliphatic carboxylic acids is 1. The number of hydrogen-bond donors (Lipinski definition) is 1. The Kier molecular flexibility index (Phi) is 39.7. The van der Waals surface area contributed by atoms with E-state index in [0.29, 0.717) is 6.42 Å². The summed E-state index contributed by atoms with van der Waals surface area (Å²) in [6, 6.07) is 0. The summed E-state index contributed by atoms with van der Waals surface area (Å²) in [7, 11) is 0. The second-order valence-electron chi connectivity index (χ2n) is 11.7. The Labute approximate surface area is 241 Å². The number of unbranched alkanes of at least 4 members (excludes halogenated alkanes) is 26. The van der Waals surface area contributed by atoms with Crippen LogP contribution in [0.2, 0.25) is 0 Å². The molecule has 0 heterocycles. The van der Waals surface area contributed by atoms with Crippen molar-refractivity contribution in [1.29, 1.82) is 0 Å². The monoisotopic (exact) mass is 537 g/mol. The quantitative estimate of drug-likeness (QED) is 0.0732. The van der Waals surface area contributed by atoms with Crippen molar-refractivity contribution >= 4 is 5.97 Å². The SMILES string of the molecule is CCCCCCCCC=CCCCCCCCC(=O)O.CCCCCCCCCCCCCCCCCC. The van der Waals surface area contributed by atoms with Gasteiger partial charge in [-0.15, -0.1) is 0 Å². The zero-order valence-corrected chi connectivity index (χ0v) is 26.7. The van der Waals surface area contributed by atoms with Gasteiger partial charge in [0.05, 0.1) is 0 Å². The van der Waals surface area contributed by atoms with E-state index in [-0.39, 0.29) is 0 Å². The number of rotatable bonds is 30. The summed E-state index contributed by atoms with van der Waals surface area (Å²) in [5.74, 6) is -0.664. The van der Waals surface area contributed by atoms with E-state index in [4.69, 9.17) is 5.11 Å². The molecular formula is C36H72O2. The van der Waals surface area contributed by atoms with Crippen molar-refractivity contribution in [2.24, 2.45) is 0 Å². The van der Waals surface area contributed by atoms with Crippen molar-refractivity contribution in [3.05, 3.63) is 12.2 Å². The fourth-order valence-corrected chi connectivity index (χ4v) is 4.97. The van der Waals surface area contributed by atoms with E-state index in [1.54, 1.807) is 0 Å². The minimum atomic E-state index is -0.664. The second kappa shape index (κ2) is 38.4. The Balaban J connectivity index is 0. The fraction of sp³-hybridized carbons (Fsp3) is 0.917. The van der Waals surface area contributed by atoms with Gasteiger partial charge >= 0.3 is 5.97 Å². The Morgan fingerprint density at radius 2 is 0.632 bits per heavy atom. The third-order valence-electron chi connectivity index (χ3n) is 7.61. The van der Waals surface area contributed by atoms with Crippen LogP contribution in [0.3, 0.4) is 0 Å². The molecule has 2 heteroatoms. The maximum atomic E-state index is 10.3. The predicted octanol–water partition coefficient (Wildman–Crippen LogP) is 13.4. The predicted molar refractivity (Wildman–Crippen MR) is 172 cm³/mol. The number of carboxylic acids is 1. The molecule has 228 valence electrons. The third kappa shape index (κ3) is 42.3. The van der Waals surface area contributed by atoms with Crippen LogP contribution in [0.4, 0.5) is 0 Å². The normalized spacial score (nSPS) is 11.1. The van der Waals surface area contributed by atoms with Crippen molar-refractivity contribution in [3.8, 4) is 0 Å². The Morgan fingerprint density at radius 1 is 0.395 bits per heavy atom. The van der Waals surface area contributed by atoms with Crippen molar-refractivity contribution in [3.63, 3.8) is 0 Å². The van der Waals surface area contributed by atoms with E-state index in [2.05, 4.69) is 32.9 Å². The van der Waals surface area contributed by atoms with Crippen LogP contribution in [0.25, 0.3) is 0 Å². The standard InChI is InChI=1S/C18H34O2.C18H38/c1-2-3-4-5-6-7-8-9-10-11-12-13-14-15-16-17-18(19)20;1-3-5-7-9-11-13-15-17-18-16-14-12-10-8-6-4-2/h9-10H,2-8,11-17H2,1H3,(H,19,20);3-18H2,1-2H3. The first kappa shape index (κ1) is 39.4. The summed E-state index contributed by atoms with van der Waals surface area (Å²) in [4.78, 5) is 10.3. The van der Waals surface area contributed by atoms with Gasteiger partial charge in [-0.3, -0.25) is 4.79 Å². The zero-order chi connectivity index (χ0) is 28.2. The van der Waals surface area contributed by atoms with E-state index < -0.39 is 5.97 Å². The smallest absolute Gasteiger partial charge is 0.303 e. The summed E-state index contributed by atoms with van der Waals surface area (Å²) in [5, 5.41) is 8.51. The largest absolute Gasteiger partial charge is 0.481 e. The highest BCUT2D eigenvalue weighted by Crippen LogP contribution is 2.14. The minimum absolute atomic E-state index is 0.332. The second-order valence-corrected chi connectivity index (χ2v) is 11.7. The molecule has 0 amide bonds. The van der Waals surface area contributed by atoms with Gasteiger partial charge in [-0.1, -0.05) is 187 Å². The third-order valence-corrected chi connectivity index (χ3v) is 7.61. The molecule has 0 radical (unpaired) electrons. The molecule has 0 saturated heterocycles. The van der Waals surface area contributed by atoms with Gasteiger partial charge < -0.3 is 5.11 Å². The Bertz CT molecular complexity index is 427. The maximum Gasteiger partial charge on any atom is 0.303 e. The molecule has 0 fully saturated rings. The summed E-state index contributed by atoms with van der Waals surface area (Å²) in [6.07, 6.45) is 44.7. The topological polar surface area (TPSA) is 37.3 Å². The molecule has 38 heavy (non-hydrogen) atoms. The highest BCUT2D eigenvalue weighted by atomic mass is 16.4. The van der Waals surface area contributed by atoms with Crippen molar-refractivity contribution < 1.29 is 9.90 Å². The highest BCUT2D eigenvalue weighted by Gasteiger charge is 1.96. The fourth-order valence-electron chi connectivity index (χ4n) is 4.97.